The van der Waals surface area contributed by atoms with Crippen molar-refractivity contribution in [2.45, 2.75) is 31.4 Å². The number of benzene rings is 3. The molecule has 2 N–H and O–H groups in total. The topological polar surface area (TPSA) is 63.4 Å². The molecular formula is C28H32N2O4. The molecule has 1 amide bonds. The van der Waals surface area contributed by atoms with Gasteiger partial charge in [0, 0.05) is 24.9 Å². The fourth-order valence-electron chi connectivity index (χ4n) is 5.03. The summed E-state index contributed by atoms with van der Waals surface area (Å²) in [5.41, 5.74) is 2.32. The number of ether oxygens (including phenoxy) is 2. The minimum Gasteiger partial charge on any atom is -0.525 e. The Hall–Kier alpha value is -2.93. The summed E-state index contributed by atoms with van der Waals surface area (Å²) in [5, 5.41) is 13.2. The first-order valence-electron chi connectivity index (χ1n) is 12.1. The van der Waals surface area contributed by atoms with Crippen molar-refractivity contribution < 1.29 is 24.3 Å². The Morgan fingerprint density at radius 3 is 2.62 bits per heavy atom. The van der Waals surface area contributed by atoms with Crippen LogP contribution in [-0.4, -0.2) is 54.9 Å². The van der Waals surface area contributed by atoms with E-state index in [1.165, 1.54) is 28.0 Å². The van der Waals surface area contributed by atoms with Gasteiger partial charge >= 0.3 is 0 Å². The van der Waals surface area contributed by atoms with Gasteiger partial charge in [0.25, 0.3) is 0 Å². The molecule has 0 radical (unpaired) electrons. The number of fused-ring (bicyclic) bond motifs is 1. The number of nitrogens with zero attached hydrogens (tertiary/aromatic N) is 1. The smallest absolute Gasteiger partial charge is 0.218 e. The van der Waals surface area contributed by atoms with Gasteiger partial charge in [0.05, 0.1) is 19.7 Å². The molecule has 0 saturated carbocycles. The average Bonchev–Trinajstić information content (AvgIpc) is 3.28. The highest BCUT2D eigenvalue weighted by atomic mass is 16.5. The first kappa shape index (κ1) is 22.8. The van der Waals surface area contributed by atoms with E-state index < -0.39 is 6.10 Å². The van der Waals surface area contributed by atoms with E-state index >= 15 is 0 Å². The number of likely N-dealkylation sites (tertiary alicyclic amines) is 1. The first-order valence-corrected chi connectivity index (χ1v) is 12.1. The zero-order valence-electron chi connectivity index (χ0n) is 19.4. The summed E-state index contributed by atoms with van der Waals surface area (Å²) < 4.78 is 11.0. The maximum Gasteiger partial charge on any atom is 0.218 e. The lowest BCUT2D eigenvalue weighted by atomic mass is 9.88. The van der Waals surface area contributed by atoms with Crippen LogP contribution in [0.2, 0.25) is 0 Å². The molecule has 0 aromatic heterocycles. The highest BCUT2D eigenvalue weighted by molar-refractivity contribution is 5.83. The number of rotatable bonds is 8. The molecular weight excluding hydrogens is 428 g/mol. The summed E-state index contributed by atoms with van der Waals surface area (Å²) in [4.78, 5) is 14.8. The molecule has 0 aliphatic carbocycles. The molecule has 5 rings (SSSR count). The molecule has 2 heterocycles. The molecule has 0 spiro atoms. The molecule has 3 aromatic rings. The Labute approximate surface area is 200 Å². The second-order valence-corrected chi connectivity index (χ2v) is 9.35. The SMILES string of the molecule is O=C1CO[CH-]N1Cc1ccccc1OC[C@@H](O)C[NH+]1CCC(c2ccc3ccccc3c2)CC1. The Morgan fingerprint density at radius 1 is 1.06 bits per heavy atom. The zero-order chi connectivity index (χ0) is 23.3. The Kier molecular flexibility index (Phi) is 7.09. The van der Waals surface area contributed by atoms with Gasteiger partial charge < -0.3 is 24.4 Å². The van der Waals surface area contributed by atoms with Gasteiger partial charge in [-0.15, -0.1) is 6.73 Å². The third kappa shape index (κ3) is 5.41. The molecule has 178 valence electrons. The van der Waals surface area contributed by atoms with Crippen molar-refractivity contribution in [3.8, 4) is 5.75 Å². The molecule has 0 bridgehead atoms. The lowest BCUT2D eigenvalue weighted by Crippen LogP contribution is -3.14. The third-order valence-corrected chi connectivity index (χ3v) is 6.94. The fraction of sp³-hybridized carbons (Fsp3) is 0.357. The van der Waals surface area contributed by atoms with Crippen molar-refractivity contribution in [1.29, 1.82) is 0 Å². The highest BCUT2D eigenvalue weighted by Gasteiger charge is 2.25. The maximum absolute atomic E-state index is 11.8. The molecule has 3 aromatic carbocycles. The van der Waals surface area contributed by atoms with Crippen LogP contribution < -0.4 is 9.64 Å². The largest absolute Gasteiger partial charge is 0.525 e. The van der Waals surface area contributed by atoms with E-state index in [1.807, 2.05) is 24.3 Å². The Balaban J connectivity index is 1.10. The quantitative estimate of drug-likeness (QED) is 0.507. The predicted octanol–water partition coefficient (Wildman–Crippen LogP) is 2.52. The second kappa shape index (κ2) is 10.6. The van der Waals surface area contributed by atoms with E-state index in [4.69, 9.17) is 9.47 Å². The summed E-state index contributed by atoms with van der Waals surface area (Å²) in [6, 6.07) is 23.0. The van der Waals surface area contributed by atoms with Crippen molar-refractivity contribution in [2.24, 2.45) is 0 Å². The first-order chi connectivity index (χ1) is 16.7. The van der Waals surface area contributed by atoms with E-state index in [-0.39, 0.29) is 19.1 Å². The molecule has 2 aliphatic rings. The van der Waals surface area contributed by atoms with Crippen LogP contribution in [0.1, 0.15) is 29.9 Å². The van der Waals surface area contributed by atoms with Gasteiger partial charge in [-0.2, -0.15) is 0 Å². The lowest BCUT2D eigenvalue weighted by Gasteiger charge is -2.31. The second-order valence-electron chi connectivity index (χ2n) is 9.35. The van der Waals surface area contributed by atoms with E-state index in [1.54, 1.807) is 4.90 Å². The minimum absolute atomic E-state index is 0.0643. The number of carbonyl (C=O) groups excluding carboxylic acids is 1. The average molecular weight is 461 g/mol. The van der Waals surface area contributed by atoms with Crippen LogP contribution in [0.4, 0.5) is 0 Å². The summed E-state index contributed by atoms with van der Waals surface area (Å²) >= 11 is 0. The number of amides is 1. The number of para-hydroxylation sites is 1. The van der Waals surface area contributed by atoms with Crippen LogP contribution in [0, 0.1) is 6.73 Å². The van der Waals surface area contributed by atoms with E-state index in [9.17, 15) is 9.90 Å². The normalized spacial score (nSPS) is 21.7. The van der Waals surface area contributed by atoms with Crippen molar-refractivity contribution in [2.75, 3.05) is 32.8 Å². The van der Waals surface area contributed by atoms with Crippen LogP contribution in [-0.2, 0) is 16.1 Å². The number of nitrogens with one attached hydrogen (secondary N) is 1. The molecule has 6 nitrogen and oxygen atoms in total. The number of hydrogen-bond donors (Lipinski definition) is 2. The monoisotopic (exact) mass is 460 g/mol. The van der Waals surface area contributed by atoms with Crippen LogP contribution in [0.25, 0.3) is 10.8 Å². The molecule has 2 fully saturated rings. The maximum atomic E-state index is 11.8. The van der Waals surface area contributed by atoms with Gasteiger partial charge in [0.1, 0.15) is 25.0 Å². The number of aliphatic hydroxyl groups is 1. The summed E-state index contributed by atoms with van der Waals surface area (Å²) in [5.74, 6) is 1.22. The van der Waals surface area contributed by atoms with Crippen LogP contribution >= 0.6 is 0 Å². The summed E-state index contributed by atoms with van der Waals surface area (Å²) in [6.45, 7) is 4.97. The number of carbonyl (C=O) groups is 1. The summed E-state index contributed by atoms with van der Waals surface area (Å²) in [7, 11) is 0. The van der Waals surface area contributed by atoms with Gasteiger partial charge in [-0.1, -0.05) is 60.7 Å². The standard InChI is InChI=1S/C28H31N2O4/c31-26(18-34-27-8-4-3-7-25(27)16-30-20-33-19-28(30)32)17-29-13-11-22(12-14-29)24-10-9-21-5-1-2-6-23(21)15-24/h1-10,15,20,22,26,31H,11-14,16-19H2/q-1/p+1/t26-/m0/s1. The highest BCUT2D eigenvalue weighted by Crippen LogP contribution is 2.27. The number of hydrogen-bond acceptors (Lipinski definition) is 4. The van der Waals surface area contributed by atoms with Crippen molar-refractivity contribution in [3.63, 3.8) is 0 Å². The zero-order valence-corrected chi connectivity index (χ0v) is 19.4. The van der Waals surface area contributed by atoms with Crippen LogP contribution in [0.5, 0.6) is 5.75 Å². The lowest BCUT2D eigenvalue weighted by molar-refractivity contribution is -0.908. The Morgan fingerprint density at radius 2 is 1.82 bits per heavy atom. The molecule has 1 atom stereocenters. The molecule has 34 heavy (non-hydrogen) atoms. The number of aliphatic hydroxyl groups excluding tert-OH is 1. The molecule has 2 aliphatic heterocycles. The number of piperidine rings is 1. The predicted molar refractivity (Wildman–Crippen MR) is 130 cm³/mol. The molecule has 0 unspecified atom stereocenters. The number of quaternary nitrogens is 1. The van der Waals surface area contributed by atoms with Crippen molar-refractivity contribution in [3.05, 3.63) is 84.6 Å². The van der Waals surface area contributed by atoms with Crippen LogP contribution in [0.3, 0.4) is 0 Å². The van der Waals surface area contributed by atoms with E-state index in [2.05, 4.69) is 42.5 Å². The van der Waals surface area contributed by atoms with Gasteiger partial charge in [-0.25, -0.2) is 0 Å². The minimum atomic E-state index is -0.538. The van der Waals surface area contributed by atoms with Gasteiger partial charge in [-0.3, -0.25) is 4.79 Å². The van der Waals surface area contributed by atoms with Crippen molar-refractivity contribution in [1.82, 2.24) is 4.90 Å². The van der Waals surface area contributed by atoms with Gasteiger partial charge in [0.2, 0.25) is 5.91 Å². The third-order valence-electron chi connectivity index (χ3n) is 6.94. The molecule has 6 heteroatoms. The molecule has 2 saturated heterocycles. The van der Waals surface area contributed by atoms with Gasteiger partial charge in [-0.05, 0) is 28.3 Å². The Bertz CT molecular complexity index is 1130. The van der Waals surface area contributed by atoms with Crippen LogP contribution in [0.15, 0.2) is 66.7 Å². The van der Waals surface area contributed by atoms with Crippen molar-refractivity contribution >= 4 is 16.7 Å². The van der Waals surface area contributed by atoms with E-state index in [0.717, 1.165) is 31.5 Å². The fourth-order valence-corrected chi connectivity index (χ4v) is 5.03. The van der Waals surface area contributed by atoms with E-state index in [0.29, 0.717) is 24.8 Å². The summed E-state index contributed by atoms with van der Waals surface area (Å²) in [6.07, 6.45) is 1.72. The van der Waals surface area contributed by atoms with Gasteiger partial charge in [0.15, 0.2) is 0 Å².